The molecule has 3 aromatic rings. The van der Waals surface area contributed by atoms with E-state index in [2.05, 4.69) is 30.4 Å². The van der Waals surface area contributed by atoms with E-state index in [1.165, 1.54) is 24.9 Å². The molecule has 3 rings (SSSR count). The van der Waals surface area contributed by atoms with Gasteiger partial charge in [-0.15, -0.1) is 0 Å². The highest BCUT2D eigenvalue weighted by molar-refractivity contribution is 5.91. The van der Waals surface area contributed by atoms with E-state index in [1.54, 1.807) is 23.3 Å². The van der Waals surface area contributed by atoms with Gasteiger partial charge in [-0.2, -0.15) is 5.10 Å². The lowest BCUT2D eigenvalue weighted by molar-refractivity contribution is 0.0945. The largest absolute Gasteiger partial charge is 0.346 e. The van der Waals surface area contributed by atoms with Crippen molar-refractivity contribution in [2.75, 3.05) is 0 Å². The van der Waals surface area contributed by atoms with Crippen molar-refractivity contribution in [1.29, 1.82) is 0 Å². The third kappa shape index (κ3) is 2.89. The van der Waals surface area contributed by atoms with Crippen molar-refractivity contribution in [1.82, 2.24) is 35.0 Å². The van der Waals surface area contributed by atoms with E-state index in [9.17, 15) is 4.79 Å². The fourth-order valence-corrected chi connectivity index (χ4v) is 1.77. The number of aromatic nitrogens is 6. The van der Waals surface area contributed by atoms with E-state index >= 15 is 0 Å². The van der Waals surface area contributed by atoms with Crippen LogP contribution >= 0.6 is 0 Å². The number of nitrogens with one attached hydrogen (secondary N) is 1. The molecule has 1 N–H and O–H groups in total. The van der Waals surface area contributed by atoms with Gasteiger partial charge < -0.3 is 5.32 Å². The minimum absolute atomic E-state index is 0.267. The normalized spacial score (nSPS) is 10.3. The van der Waals surface area contributed by atoms with Crippen LogP contribution in [0.25, 0.3) is 5.82 Å². The first-order chi connectivity index (χ1) is 10.3. The number of rotatable bonds is 4. The summed E-state index contributed by atoms with van der Waals surface area (Å²) in [6.45, 7) is 0.304. The predicted molar refractivity (Wildman–Crippen MR) is 72.4 cm³/mol. The number of hydrogen-bond donors (Lipinski definition) is 1. The number of carbonyl (C=O) groups excluding carboxylic acids is 1. The second-order valence-corrected chi connectivity index (χ2v) is 4.10. The van der Waals surface area contributed by atoms with Gasteiger partial charge in [0.15, 0.2) is 5.82 Å². The maximum Gasteiger partial charge on any atom is 0.271 e. The molecule has 0 aromatic carbocycles. The molecule has 0 bridgehead atoms. The molecular weight excluding hydrogens is 270 g/mol. The molecule has 104 valence electrons. The summed E-state index contributed by atoms with van der Waals surface area (Å²) in [4.78, 5) is 27.9. The number of nitrogens with zero attached hydrogens (tertiary/aromatic N) is 6. The summed E-state index contributed by atoms with van der Waals surface area (Å²) in [5, 5.41) is 6.82. The van der Waals surface area contributed by atoms with Gasteiger partial charge in [-0.1, -0.05) is 6.07 Å². The van der Waals surface area contributed by atoms with E-state index in [-0.39, 0.29) is 11.6 Å². The SMILES string of the molecule is O=C(NCc1cccnc1-n1cncn1)c1cnccn1. The first kappa shape index (κ1) is 12.9. The monoisotopic (exact) mass is 281 g/mol. The van der Waals surface area contributed by atoms with Crippen LogP contribution in [0.2, 0.25) is 0 Å². The van der Waals surface area contributed by atoms with E-state index in [4.69, 9.17) is 0 Å². The Morgan fingerprint density at radius 1 is 1.19 bits per heavy atom. The van der Waals surface area contributed by atoms with Gasteiger partial charge in [0.2, 0.25) is 0 Å². The molecule has 21 heavy (non-hydrogen) atoms. The van der Waals surface area contributed by atoms with Crippen LogP contribution in [0.5, 0.6) is 0 Å². The van der Waals surface area contributed by atoms with Crippen LogP contribution in [0, 0.1) is 0 Å². The maximum absolute atomic E-state index is 11.9. The smallest absolute Gasteiger partial charge is 0.271 e. The van der Waals surface area contributed by atoms with Crippen molar-refractivity contribution >= 4 is 5.91 Å². The molecule has 8 nitrogen and oxygen atoms in total. The van der Waals surface area contributed by atoms with Gasteiger partial charge in [0.25, 0.3) is 5.91 Å². The Bertz CT molecular complexity index is 727. The zero-order chi connectivity index (χ0) is 14.5. The van der Waals surface area contributed by atoms with Crippen LogP contribution in [-0.2, 0) is 6.54 Å². The molecule has 0 aliphatic carbocycles. The zero-order valence-electron chi connectivity index (χ0n) is 10.9. The lowest BCUT2D eigenvalue weighted by Crippen LogP contribution is -2.24. The third-order valence-corrected chi connectivity index (χ3v) is 2.74. The Hall–Kier alpha value is -3.16. The van der Waals surface area contributed by atoms with Crippen molar-refractivity contribution in [2.45, 2.75) is 6.54 Å². The van der Waals surface area contributed by atoms with Crippen molar-refractivity contribution in [3.05, 3.63) is 60.8 Å². The highest BCUT2D eigenvalue weighted by Gasteiger charge is 2.10. The minimum atomic E-state index is -0.295. The van der Waals surface area contributed by atoms with Gasteiger partial charge in [0.05, 0.1) is 6.20 Å². The van der Waals surface area contributed by atoms with Crippen LogP contribution < -0.4 is 5.32 Å². The van der Waals surface area contributed by atoms with E-state index in [0.29, 0.717) is 12.4 Å². The Balaban J connectivity index is 1.76. The minimum Gasteiger partial charge on any atom is -0.346 e. The molecule has 3 aromatic heterocycles. The molecule has 0 unspecified atom stereocenters. The highest BCUT2D eigenvalue weighted by Crippen LogP contribution is 2.09. The summed E-state index contributed by atoms with van der Waals surface area (Å²) in [7, 11) is 0. The molecule has 8 heteroatoms. The second kappa shape index (κ2) is 5.87. The first-order valence-corrected chi connectivity index (χ1v) is 6.17. The molecule has 0 fully saturated rings. The highest BCUT2D eigenvalue weighted by atomic mass is 16.1. The second-order valence-electron chi connectivity index (χ2n) is 4.10. The van der Waals surface area contributed by atoms with E-state index < -0.39 is 0 Å². The molecule has 0 saturated heterocycles. The number of amides is 1. The van der Waals surface area contributed by atoms with Crippen molar-refractivity contribution in [2.24, 2.45) is 0 Å². The molecule has 0 spiro atoms. The summed E-state index contributed by atoms with van der Waals surface area (Å²) in [6, 6.07) is 3.66. The Morgan fingerprint density at radius 3 is 2.90 bits per heavy atom. The topological polar surface area (TPSA) is 98.5 Å². The summed E-state index contributed by atoms with van der Waals surface area (Å²) in [5.41, 5.74) is 1.09. The number of carbonyl (C=O) groups is 1. The van der Waals surface area contributed by atoms with Crippen LogP contribution in [0.3, 0.4) is 0 Å². The van der Waals surface area contributed by atoms with Gasteiger partial charge in [0, 0.05) is 30.7 Å². The quantitative estimate of drug-likeness (QED) is 0.742. The zero-order valence-corrected chi connectivity index (χ0v) is 10.9. The average Bonchev–Trinajstić information content (AvgIpc) is 3.08. The molecule has 1 amide bonds. The summed E-state index contributed by atoms with van der Waals surface area (Å²) in [5.74, 6) is 0.325. The Labute approximate surface area is 119 Å². The third-order valence-electron chi connectivity index (χ3n) is 2.74. The molecule has 0 aliphatic rings. The van der Waals surface area contributed by atoms with Crippen LogP contribution in [0.1, 0.15) is 16.1 Å². The molecule has 0 aliphatic heterocycles. The van der Waals surface area contributed by atoms with Crippen molar-refractivity contribution in [3.63, 3.8) is 0 Å². The maximum atomic E-state index is 11.9. The predicted octanol–water partition coefficient (Wildman–Crippen LogP) is 0.382. The fraction of sp³-hybridized carbons (Fsp3) is 0.0769. The van der Waals surface area contributed by atoms with E-state index in [1.807, 2.05) is 6.07 Å². The molecular formula is C13H11N7O. The fourth-order valence-electron chi connectivity index (χ4n) is 1.77. The summed E-state index contributed by atoms with van der Waals surface area (Å²) in [6.07, 6.45) is 9.04. The van der Waals surface area contributed by atoms with Gasteiger partial charge in [-0.3, -0.25) is 9.78 Å². The first-order valence-electron chi connectivity index (χ1n) is 6.17. The number of pyridine rings is 1. The lowest BCUT2D eigenvalue weighted by Gasteiger charge is -2.08. The Kier molecular flexibility index (Phi) is 3.59. The van der Waals surface area contributed by atoms with Crippen LogP contribution in [0.15, 0.2) is 49.6 Å². The molecule has 0 radical (unpaired) electrons. The standard InChI is InChI=1S/C13H11N7O/c21-13(11-7-14-4-5-16-11)18-6-10-2-1-3-17-12(10)20-9-15-8-19-20/h1-5,7-9H,6H2,(H,18,21). The average molecular weight is 281 g/mol. The molecule has 0 atom stereocenters. The van der Waals surface area contributed by atoms with Gasteiger partial charge >= 0.3 is 0 Å². The molecule has 0 saturated carbocycles. The number of hydrogen-bond acceptors (Lipinski definition) is 6. The summed E-state index contributed by atoms with van der Waals surface area (Å²) >= 11 is 0. The van der Waals surface area contributed by atoms with Crippen LogP contribution in [-0.4, -0.2) is 35.6 Å². The molecule has 3 heterocycles. The van der Waals surface area contributed by atoms with Crippen molar-refractivity contribution < 1.29 is 4.79 Å². The Morgan fingerprint density at radius 2 is 2.14 bits per heavy atom. The van der Waals surface area contributed by atoms with Gasteiger partial charge in [-0.25, -0.2) is 19.6 Å². The van der Waals surface area contributed by atoms with E-state index in [0.717, 1.165) is 5.56 Å². The summed E-state index contributed by atoms with van der Waals surface area (Å²) < 4.78 is 1.55. The van der Waals surface area contributed by atoms with Gasteiger partial charge in [-0.05, 0) is 6.07 Å². The van der Waals surface area contributed by atoms with Crippen LogP contribution in [0.4, 0.5) is 0 Å². The van der Waals surface area contributed by atoms with Crippen molar-refractivity contribution in [3.8, 4) is 5.82 Å². The lowest BCUT2D eigenvalue weighted by atomic mass is 10.2. The van der Waals surface area contributed by atoms with Gasteiger partial charge in [0.1, 0.15) is 18.3 Å².